The Morgan fingerprint density at radius 3 is 2.45 bits per heavy atom. The van der Waals surface area contributed by atoms with Gasteiger partial charge < -0.3 is 14.2 Å². The van der Waals surface area contributed by atoms with E-state index in [-0.39, 0.29) is 17.5 Å². The van der Waals surface area contributed by atoms with Crippen molar-refractivity contribution in [3.63, 3.8) is 0 Å². The van der Waals surface area contributed by atoms with E-state index in [2.05, 4.69) is 9.62 Å². The van der Waals surface area contributed by atoms with Gasteiger partial charge in [-0.15, -0.1) is 0 Å². The molecule has 7 nitrogen and oxygen atoms in total. The largest absolute Gasteiger partial charge is 0.490 e. The van der Waals surface area contributed by atoms with Gasteiger partial charge in [-0.05, 0) is 43.7 Å². The number of benzene rings is 2. The maximum absolute atomic E-state index is 13.1. The molecule has 1 unspecified atom stereocenters. The van der Waals surface area contributed by atoms with Gasteiger partial charge in [-0.2, -0.15) is 0 Å². The number of nitrogens with zero attached hydrogens (tertiary/aromatic N) is 1. The van der Waals surface area contributed by atoms with Crippen LogP contribution in [0.1, 0.15) is 25.5 Å². The van der Waals surface area contributed by atoms with Crippen LogP contribution in [-0.4, -0.2) is 59.4 Å². The van der Waals surface area contributed by atoms with Gasteiger partial charge in [0.2, 0.25) is 10.0 Å². The van der Waals surface area contributed by atoms with Crippen molar-refractivity contribution in [1.29, 1.82) is 0 Å². The number of nitrogens with one attached hydrogen (secondary N) is 1. The molecule has 0 spiro atoms. The number of morpholine rings is 1. The molecule has 0 amide bonds. The first kappa shape index (κ1) is 23.8. The molecule has 1 aliphatic rings. The van der Waals surface area contributed by atoms with Crippen LogP contribution in [0.4, 0.5) is 0 Å². The number of halogens is 1. The van der Waals surface area contributed by atoms with E-state index in [1.807, 2.05) is 32.0 Å². The number of hydrogen-bond acceptors (Lipinski definition) is 6. The van der Waals surface area contributed by atoms with Crippen LogP contribution in [0, 0.1) is 0 Å². The number of hydrogen-bond donors (Lipinski definition) is 1. The Morgan fingerprint density at radius 1 is 1.06 bits per heavy atom. The molecule has 2 aromatic carbocycles. The van der Waals surface area contributed by atoms with E-state index in [1.54, 1.807) is 12.1 Å². The molecule has 0 bridgehead atoms. The Hall–Kier alpha value is -1.84. The van der Waals surface area contributed by atoms with E-state index in [0.717, 1.165) is 18.7 Å². The van der Waals surface area contributed by atoms with Gasteiger partial charge in [-0.3, -0.25) is 4.90 Å². The van der Waals surface area contributed by atoms with Crippen molar-refractivity contribution in [3.8, 4) is 11.5 Å². The maximum atomic E-state index is 13.1. The van der Waals surface area contributed by atoms with E-state index in [1.165, 1.54) is 12.1 Å². The third kappa shape index (κ3) is 6.33. The summed E-state index contributed by atoms with van der Waals surface area (Å²) in [4.78, 5) is 2.34. The van der Waals surface area contributed by atoms with Crippen LogP contribution in [0.25, 0.3) is 0 Å². The van der Waals surface area contributed by atoms with Crippen LogP contribution in [0.5, 0.6) is 11.5 Å². The molecular weight excluding hydrogens is 440 g/mol. The first-order chi connectivity index (χ1) is 14.9. The Morgan fingerprint density at radius 2 is 1.77 bits per heavy atom. The average molecular weight is 469 g/mol. The molecular formula is C22H29ClN2O5S. The third-order valence-electron chi connectivity index (χ3n) is 5.01. The second-order valence-corrected chi connectivity index (χ2v) is 9.25. The standard InChI is InChI=1S/C22H29ClN2O5S/c1-3-29-21-9-8-19(15-22(21)30-4-2)31(26,27)24-16-20(25-10-12-28-13-11-25)17-6-5-7-18(23)14-17/h5-9,14-15,20,24H,3-4,10-13,16H2,1-2H3. The molecule has 9 heteroatoms. The minimum absolute atomic E-state index is 0.131. The van der Waals surface area contributed by atoms with Gasteiger partial charge in [0.1, 0.15) is 0 Å². The van der Waals surface area contributed by atoms with Crippen molar-refractivity contribution >= 4 is 21.6 Å². The summed E-state index contributed by atoms with van der Waals surface area (Å²) < 4.78 is 45.5. The van der Waals surface area contributed by atoms with Crippen molar-refractivity contribution < 1.29 is 22.6 Å². The van der Waals surface area contributed by atoms with Crippen LogP contribution < -0.4 is 14.2 Å². The number of rotatable bonds is 10. The van der Waals surface area contributed by atoms with Crippen molar-refractivity contribution in [3.05, 3.63) is 53.1 Å². The highest BCUT2D eigenvalue weighted by Crippen LogP contribution is 2.31. The normalized spacial score (nSPS) is 16.1. The van der Waals surface area contributed by atoms with Crippen molar-refractivity contribution in [1.82, 2.24) is 9.62 Å². The van der Waals surface area contributed by atoms with E-state index >= 15 is 0 Å². The Kier molecular flexibility index (Phi) is 8.57. The molecule has 31 heavy (non-hydrogen) atoms. The molecule has 1 N–H and O–H groups in total. The lowest BCUT2D eigenvalue weighted by molar-refractivity contribution is 0.0172. The average Bonchev–Trinajstić information content (AvgIpc) is 2.76. The highest BCUT2D eigenvalue weighted by atomic mass is 35.5. The van der Waals surface area contributed by atoms with Gasteiger partial charge in [-0.1, -0.05) is 23.7 Å². The third-order valence-corrected chi connectivity index (χ3v) is 6.67. The van der Waals surface area contributed by atoms with E-state index in [0.29, 0.717) is 42.9 Å². The van der Waals surface area contributed by atoms with Gasteiger partial charge in [-0.25, -0.2) is 13.1 Å². The molecule has 0 aromatic heterocycles. The monoisotopic (exact) mass is 468 g/mol. The summed E-state index contributed by atoms with van der Waals surface area (Å²) >= 11 is 6.19. The first-order valence-electron chi connectivity index (χ1n) is 10.4. The maximum Gasteiger partial charge on any atom is 0.240 e. The van der Waals surface area contributed by atoms with Gasteiger partial charge in [0.15, 0.2) is 11.5 Å². The second kappa shape index (κ2) is 11.2. The van der Waals surface area contributed by atoms with Crippen LogP contribution >= 0.6 is 11.6 Å². The summed E-state index contributed by atoms with van der Waals surface area (Å²) in [6, 6.07) is 12.0. The molecule has 1 atom stereocenters. The second-order valence-electron chi connectivity index (χ2n) is 7.05. The summed E-state index contributed by atoms with van der Waals surface area (Å²) in [5.74, 6) is 0.931. The molecule has 170 valence electrons. The minimum atomic E-state index is -3.76. The zero-order valence-electron chi connectivity index (χ0n) is 17.8. The van der Waals surface area contributed by atoms with Gasteiger partial charge in [0.05, 0.1) is 31.3 Å². The zero-order chi connectivity index (χ0) is 22.3. The molecule has 1 saturated heterocycles. The van der Waals surface area contributed by atoms with Gasteiger partial charge >= 0.3 is 0 Å². The summed E-state index contributed by atoms with van der Waals surface area (Å²) in [6.45, 7) is 7.44. The Bertz CT molecular complexity index is 964. The molecule has 0 aliphatic carbocycles. The molecule has 1 fully saturated rings. The predicted octanol–water partition coefficient (Wildman–Crippen LogP) is 3.49. The molecule has 0 saturated carbocycles. The fourth-order valence-corrected chi connectivity index (χ4v) is 4.78. The minimum Gasteiger partial charge on any atom is -0.490 e. The fourth-order valence-electron chi connectivity index (χ4n) is 3.53. The first-order valence-corrected chi connectivity index (χ1v) is 12.3. The van der Waals surface area contributed by atoms with Gasteiger partial charge in [0.25, 0.3) is 0 Å². The summed E-state index contributed by atoms with van der Waals surface area (Å²) in [5.41, 5.74) is 0.957. The van der Waals surface area contributed by atoms with Crippen molar-refractivity contribution in [2.75, 3.05) is 46.1 Å². The number of sulfonamides is 1. The lowest BCUT2D eigenvalue weighted by Gasteiger charge is -2.35. The Labute approximate surface area is 189 Å². The van der Waals surface area contributed by atoms with Crippen LogP contribution in [0.15, 0.2) is 47.4 Å². The van der Waals surface area contributed by atoms with Crippen LogP contribution in [0.2, 0.25) is 5.02 Å². The Balaban J connectivity index is 1.82. The van der Waals surface area contributed by atoms with E-state index in [9.17, 15) is 8.42 Å². The van der Waals surface area contributed by atoms with Crippen LogP contribution in [0.3, 0.4) is 0 Å². The summed E-state index contributed by atoms with van der Waals surface area (Å²) in [5, 5.41) is 0.617. The lowest BCUT2D eigenvalue weighted by atomic mass is 10.1. The smallest absolute Gasteiger partial charge is 0.240 e. The summed E-state index contributed by atoms with van der Waals surface area (Å²) in [6.07, 6.45) is 0. The lowest BCUT2D eigenvalue weighted by Crippen LogP contribution is -2.43. The quantitative estimate of drug-likeness (QED) is 0.575. The van der Waals surface area contributed by atoms with Gasteiger partial charge in [0, 0.05) is 36.8 Å². The SMILES string of the molecule is CCOc1ccc(S(=O)(=O)NCC(c2cccc(Cl)c2)N2CCOCC2)cc1OCC. The van der Waals surface area contributed by atoms with E-state index < -0.39 is 10.0 Å². The highest BCUT2D eigenvalue weighted by Gasteiger charge is 2.26. The molecule has 0 radical (unpaired) electrons. The fraction of sp³-hybridized carbons (Fsp3) is 0.455. The van der Waals surface area contributed by atoms with Crippen molar-refractivity contribution in [2.45, 2.75) is 24.8 Å². The predicted molar refractivity (Wildman–Crippen MR) is 121 cm³/mol. The molecule has 1 heterocycles. The highest BCUT2D eigenvalue weighted by molar-refractivity contribution is 7.89. The molecule has 1 aliphatic heterocycles. The van der Waals surface area contributed by atoms with E-state index in [4.69, 9.17) is 25.8 Å². The summed E-state index contributed by atoms with van der Waals surface area (Å²) in [7, 11) is -3.76. The number of ether oxygens (including phenoxy) is 3. The molecule has 2 aromatic rings. The van der Waals surface area contributed by atoms with Crippen molar-refractivity contribution in [2.24, 2.45) is 0 Å². The topological polar surface area (TPSA) is 77.1 Å². The zero-order valence-corrected chi connectivity index (χ0v) is 19.4. The molecule has 3 rings (SSSR count). The van der Waals surface area contributed by atoms with Crippen LogP contribution in [-0.2, 0) is 14.8 Å².